The van der Waals surface area contributed by atoms with E-state index in [0.29, 0.717) is 25.1 Å². The first-order valence-corrected chi connectivity index (χ1v) is 16.6. The number of unbranched alkanes of at least 4 members (excludes halogenated alkanes) is 1. The van der Waals surface area contributed by atoms with Crippen molar-refractivity contribution in [3.05, 3.63) is 101 Å². The average Bonchev–Trinajstić information content (AvgIpc) is 2.95. The van der Waals surface area contributed by atoms with Gasteiger partial charge in [-0.25, -0.2) is 8.42 Å². The normalized spacial score (nSPS) is 12.0. The highest BCUT2D eigenvalue weighted by molar-refractivity contribution is 7.92. The molecule has 0 unspecified atom stereocenters. The number of rotatable bonds is 15. The summed E-state index contributed by atoms with van der Waals surface area (Å²) in [5.74, 6) is -0.363. The lowest BCUT2D eigenvalue weighted by Gasteiger charge is -2.32. The maximum absolute atomic E-state index is 13.9. The number of amides is 2. The summed E-state index contributed by atoms with van der Waals surface area (Å²) in [6.45, 7) is 8.93. The fourth-order valence-electron chi connectivity index (χ4n) is 4.94. The minimum absolute atomic E-state index is 0.107. The van der Waals surface area contributed by atoms with Gasteiger partial charge >= 0.3 is 0 Å². The van der Waals surface area contributed by atoms with Crippen LogP contribution >= 0.6 is 0 Å². The number of anilines is 1. The number of sulfonamides is 1. The number of benzene rings is 3. The van der Waals surface area contributed by atoms with Gasteiger partial charge in [-0.3, -0.25) is 13.9 Å². The molecule has 3 aromatic rings. The first-order valence-electron chi connectivity index (χ1n) is 14.7. The van der Waals surface area contributed by atoms with Crippen LogP contribution < -0.4 is 9.62 Å². The van der Waals surface area contributed by atoms with Crippen LogP contribution in [0.5, 0.6) is 0 Å². The molecular formula is C34H45N3O4S. The van der Waals surface area contributed by atoms with Gasteiger partial charge in [-0.05, 0) is 61.9 Å². The molecule has 1 atom stereocenters. The van der Waals surface area contributed by atoms with Gasteiger partial charge in [0.05, 0.1) is 11.9 Å². The highest BCUT2D eigenvalue weighted by Gasteiger charge is 2.30. The van der Waals surface area contributed by atoms with E-state index in [1.54, 1.807) is 11.0 Å². The first kappa shape index (κ1) is 32.9. The van der Waals surface area contributed by atoms with E-state index in [1.807, 2.05) is 87.5 Å². The van der Waals surface area contributed by atoms with Crippen molar-refractivity contribution in [3.63, 3.8) is 0 Å². The van der Waals surface area contributed by atoms with Crippen LogP contribution in [0.2, 0.25) is 0 Å². The van der Waals surface area contributed by atoms with Gasteiger partial charge in [0.2, 0.25) is 21.8 Å². The van der Waals surface area contributed by atoms with E-state index in [2.05, 4.69) is 12.2 Å². The van der Waals surface area contributed by atoms with Crippen LogP contribution in [0.4, 0.5) is 5.69 Å². The van der Waals surface area contributed by atoms with Crippen molar-refractivity contribution in [2.45, 2.75) is 72.4 Å². The maximum atomic E-state index is 13.9. The second-order valence-electron chi connectivity index (χ2n) is 11.0. The third-order valence-electron chi connectivity index (χ3n) is 7.57. The lowest BCUT2D eigenvalue weighted by molar-refractivity contribution is -0.141. The third-order valence-corrected chi connectivity index (χ3v) is 8.75. The van der Waals surface area contributed by atoms with Crippen LogP contribution in [0, 0.1) is 20.8 Å². The number of hydrogen-bond acceptors (Lipinski definition) is 4. The molecule has 0 spiro atoms. The Labute approximate surface area is 252 Å². The Hall–Kier alpha value is -3.65. The summed E-state index contributed by atoms with van der Waals surface area (Å²) < 4.78 is 26.9. The van der Waals surface area contributed by atoms with E-state index in [-0.39, 0.29) is 31.3 Å². The molecule has 2 amide bonds. The highest BCUT2D eigenvalue weighted by Crippen LogP contribution is 2.26. The van der Waals surface area contributed by atoms with Crippen LogP contribution in [0.3, 0.4) is 0 Å². The van der Waals surface area contributed by atoms with Crippen LogP contribution in [-0.2, 0) is 32.6 Å². The quantitative estimate of drug-likeness (QED) is 0.229. The molecule has 1 N–H and O–H groups in total. The molecule has 0 aromatic heterocycles. The summed E-state index contributed by atoms with van der Waals surface area (Å²) in [6, 6.07) is 22.6. The number of nitrogens with one attached hydrogen (secondary N) is 1. The number of carbonyl (C=O) groups excluding carboxylic acids is 2. The van der Waals surface area contributed by atoms with E-state index < -0.39 is 16.1 Å². The van der Waals surface area contributed by atoms with Gasteiger partial charge in [-0.15, -0.1) is 0 Å². The summed E-state index contributed by atoms with van der Waals surface area (Å²) in [5.41, 5.74) is 5.52. The van der Waals surface area contributed by atoms with Crippen LogP contribution in [0.15, 0.2) is 72.8 Å². The Bertz CT molecular complexity index is 1420. The number of carbonyl (C=O) groups is 2. The summed E-state index contributed by atoms with van der Waals surface area (Å²) in [5, 5.41) is 3.04. The second-order valence-corrected chi connectivity index (χ2v) is 12.9. The lowest BCUT2D eigenvalue weighted by atomic mass is 10.0. The molecule has 0 fully saturated rings. The standard InChI is InChI=1S/C34H45N3O4S/c1-6-7-22-35-34(39)32(24-29-14-9-8-10-15-29)36(25-30-20-18-26(2)19-21-30)33(38)17-12-23-37(42(5,40)41)31-16-11-13-27(3)28(31)4/h8-11,13-16,18-21,32H,6-7,12,17,22-25H2,1-5H3,(H,35,39)/t32-/m1/s1. The van der Waals surface area contributed by atoms with Crippen molar-refractivity contribution in [2.24, 2.45) is 0 Å². The molecule has 226 valence electrons. The van der Waals surface area contributed by atoms with Crippen molar-refractivity contribution >= 4 is 27.5 Å². The molecule has 0 bridgehead atoms. The van der Waals surface area contributed by atoms with Crippen molar-refractivity contribution in [3.8, 4) is 0 Å². The predicted octanol–water partition coefficient (Wildman–Crippen LogP) is 5.71. The molecular weight excluding hydrogens is 546 g/mol. The number of hydrogen-bond donors (Lipinski definition) is 1. The van der Waals surface area contributed by atoms with Gasteiger partial charge in [-0.2, -0.15) is 0 Å². The van der Waals surface area contributed by atoms with Crippen molar-refractivity contribution in [1.29, 1.82) is 0 Å². The number of aryl methyl sites for hydroxylation is 2. The molecule has 0 radical (unpaired) electrons. The zero-order chi connectivity index (χ0) is 30.7. The highest BCUT2D eigenvalue weighted by atomic mass is 32.2. The fraction of sp³-hybridized carbons (Fsp3) is 0.412. The topological polar surface area (TPSA) is 86.8 Å². The van der Waals surface area contributed by atoms with Gasteiger partial charge in [-0.1, -0.05) is 85.6 Å². The fourth-order valence-corrected chi connectivity index (χ4v) is 5.95. The first-order chi connectivity index (χ1) is 20.0. The number of nitrogens with zero attached hydrogens (tertiary/aromatic N) is 2. The third kappa shape index (κ3) is 9.44. The van der Waals surface area contributed by atoms with Crippen LogP contribution in [0.1, 0.15) is 60.4 Å². The Morgan fingerprint density at radius 3 is 2.19 bits per heavy atom. The Balaban J connectivity index is 1.88. The molecule has 0 heterocycles. The lowest BCUT2D eigenvalue weighted by Crippen LogP contribution is -2.50. The molecule has 3 rings (SSSR count). The Morgan fingerprint density at radius 1 is 0.857 bits per heavy atom. The largest absolute Gasteiger partial charge is 0.354 e. The minimum Gasteiger partial charge on any atom is -0.354 e. The molecule has 7 nitrogen and oxygen atoms in total. The van der Waals surface area contributed by atoms with E-state index in [4.69, 9.17) is 0 Å². The van der Waals surface area contributed by atoms with Crippen molar-refractivity contribution in [2.75, 3.05) is 23.7 Å². The molecule has 0 aliphatic rings. The van der Waals surface area contributed by atoms with Crippen LogP contribution in [-0.4, -0.2) is 50.5 Å². The summed E-state index contributed by atoms with van der Waals surface area (Å²) in [4.78, 5) is 29.2. The van der Waals surface area contributed by atoms with Gasteiger partial charge in [0.1, 0.15) is 6.04 Å². The van der Waals surface area contributed by atoms with Gasteiger partial charge in [0.15, 0.2) is 0 Å². The van der Waals surface area contributed by atoms with E-state index in [0.717, 1.165) is 40.7 Å². The van der Waals surface area contributed by atoms with Crippen LogP contribution in [0.25, 0.3) is 0 Å². The summed E-state index contributed by atoms with van der Waals surface area (Å²) in [7, 11) is -3.57. The minimum atomic E-state index is -3.57. The summed E-state index contributed by atoms with van der Waals surface area (Å²) >= 11 is 0. The van der Waals surface area contributed by atoms with Gasteiger partial charge in [0, 0.05) is 32.5 Å². The average molecular weight is 592 g/mol. The smallest absolute Gasteiger partial charge is 0.243 e. The maximum Gasteiger partial charge on any atom is 0.243 e. The van der Waals surface area contributed by atoms with E-state index in [9.17, 15) is 18.0 Å². The second kappa shape index (κ2) is 15.5. The SMILES string of the molecule is CCCCNC(=O)[C@@H](Cc1ccccc1)N(Cc1ccc(C)cc1)C(=O)CCCN(c1cccc(C)c1C)S(C)(=O)=O. The molecule has 0 saturated carbocycles. The molecule has 0 aliphatic carbocycles. The molecule has 42 heavy (non-hydrogen) atoms. The Kier molecular flexibility index (Phi) is 12.2. The molecule has 0 aliphatic heterocycles. The predicted molar refractivity (Wildman–Crippen MR) is 171 cm³/mol. The van der Waals surface area contributed by atoms with Gasteiger partial charge < -0.3 is 10.2 Å². The molecule has 3 aromatic carbocycles. The zero-order valence-corrected chi connectivity index (χ0v) is 26.4. The monoisotopic (exact) mass is 591 g/mol. The van der Waals surface area contributed by atoms with Crippen molar-refractivity contribution in [1.82, 2.24) is 10.2 Å². The van der Waals surface area contributed by atoms with Gasteiger partial charge in [0.25, 0.3) is 0 Å². The van der Waals surface area contributed by atoms with E-state index in [1.165, 1.54) is 10.6 Å². The molecule has 8 heteroatoms. The summed E-state index contributed by atoms with van der Waals surface area (Å²) in [6.07, 6.45) is 3.81. The zero-order valence-electron chi connectivity index (χ0n) is 25.6. The van der Waals surface area contributed by atoms with Crippen molar-refractivity contribution < 1.29 is 18.0 Å². The van der Waals surface area contributed by atoms with E-state index >= 15 is 0 Å². The Morgan fingerprint density at radius 2 is 1.55 bits per heavy atom. The molecule has 0 saturated heterocycles.